The van der Waals surface area contributed by atoms with Crippen molar-refractivity contribution in [2.75, 3.05) is 18.9 Å². The fraction of sp³-hybridized carbons (Fsp3) is 0.367. The van der Waals surface area contributed by atoms with Gasteiger partial charge in [-0.25, -0.2) is 14.4 Å². The maximum Gasteiger partial charge on any atom is 0.416 e. The van der Waals surface area contributed by atoms with Crippen LogP contribution < -0.4 is 5.73 Å². The molecule has 7 rings (SSSR count). The van der Waals surface area contributed by atoms with E-state index in [0.29, 0.717) is 31.0 Å². The monoisotopic (exact) mass is 594 g/mol. The molecule has 0 spiro atoms. The van der Waals surface area contributed by atoms with Crippen LogP contribution in [0, 0.1) is 17.7 Å². The topological polar surface area (TPSA) is 116 Å². The van der Waals surface area contributed by atoms with Gasteiger partial charge < -0.3 is 15.4 Å². The number of nitrogens with zero attached hydrogens (tertiary/aromatic N) is 5. The van der Waals surface area contributed by atoms with E-state index in [0.717, 1.165) is 37.2 Å². The Morgan fingerprint density at radius 1 is 1.07 bits per heavy atom. The van der Waals surface area contributed by atoms with Crippen LogP contribution in [0.15, 0.2) is 48.9 Å². The Balaban J connectivity index is 1.23. The molecule has 1 aliphatic carbocycles. The second-order valence-electron chi connectivity index (χ2n) is 11.3. The number of ether oxygens (including phenoxy) is 1. The van der Waals surface area contributed by atoms with Gasteiger partial charge in [-0.3, -0.25) is 19.0 Å². The van der Waals surface area contributed by atoms with Crippen LogP contribution >= 0.6 is 0 Å². The van der Waals surface area contributed by atoms with Crippen LogP contribution in [-0.4, -0.2) is 55.2 Å². The molecule has 43 heavy (non-hydrogen) atoms. The quantitative estimate of drug-likeness (QED) is 0.255. The standard InChI is InChI=1S/C30H26F4N6O3/c31-21-9-16(24(41)12-19-11-18(5-6-36-19)30(32,33)34)3-4-20(21)25-26-27(35)37-7-8-39(26)28(38-25)22-10-17-13-43-14-23(17)40(22)29(42)15-1-2-15/h3-9,11,15,17,22-23H,1-2,10,12-14H2,(H2,35,37)/t17-,22-,23+/m0/s1. The highest BCUT2D eigenvalue weighted by Crippen LogP contribution is 2.47. The summed E-state index contributed by atoms with van der Waals surface area (Å²) < 4.78 is 62.4. The number of amides is 1. The molecule has 1 saturated carbocycles. The number of hydrogen-bond acceptors (Lipinski definition) is 7. The molecule has 0 unspecified atom stereocenters. The molecule has 9 nitrogen and oxygen atoms in total. The number of benzene rings is 1. The van der Waals surface area contributed by atoms with Gasteiger partial charge in [0.15, 0.2) is 5.78 Å². The first-order valence-electron chi connectivity index (χ1n) is 14.0. The average molecular weight is 595 g/mol. The number of Topliss-reactive ketones (excluding diaryl/α,β-unsaturated/α-hetero) is 1. The van der Waals surface area contributed by atoms with Crippen molar-refractivity contribution >= 4 is 23.0 Å². The number of pyridine rings is 1. The van der Waals surface area contributed by atoms with Crippen LogP contribution in [0.3, 0.4) is 0 Å². The van der Waals surface area contributed by atoms with Gasteiger partial charge in [-0.2, -0.15) is 13.2 Å². The van der Waals surface area contributed by atoms with Crippen LogP contribution in [0.2, 0.25) is 0 Å². The molecule has 4 aromatic rings. The summed E-state index contributed by atoms with van der Waals surface area (Å²) >= 11 is 0. The van der Waals surface area contributed by atoms with Gasteiger partial charge in [0.25, 0.3) is 0 Å². The van der Waals surface area contributed by atoms with E-state index in [1.807, 2.05) is 4.90 Å². The Morgan fingerprint density at radius 2 is 1.88 bits per heavy atom. The minimum Gasteiger partial charge on any atom is -0.382 e. The molecule has 2 aliphatic heterocycles. The number of imidazole rings is 1. The Hall–Kier alpha value is -4.39. The number of carbonyl (C=O) groups is 2. The van der Waals surface area contributed by atoms with E-state index in [1.165, 1.54) is 18.3 Å². The molecule has 3 aromatic heterocycles. The second kappa shape index (κ2) is 10.1. The molecule has 0 bridgehead atoms. The van der Waals surface area contributed by atoms with E-state index in [2.05, 4.69) is 9.97 Å². The predicted molar refractivity (Wildman–Crippen MR) is 145 cm³/mol. The fourth-order valence-electron chi connectivity index (χ4n) is 6.25. The number of halogens is 4. The van der Waals surface area contributed by atoms with Gasteiger partial charge in [-0.05, 0) is 43.5 Å². The number of fused-ring (bicyclic) bond motifs is 2. The zero-order chi connectivity index (χ0) is 30.0. The van der Waals surface area contributed by atoms with E-state index in [1.54, 1.807) is 10.6 Å². The molecule has 1 amide bonds. The highest BCUT2D eigenvalue weighted by atomic mass is 19.4. The zero-order valence-corrected chi connectivity index (χ0v) is 22.7. The molecule has 2 saturated heterocycles. The Kier molecular flexibility index (Phi) is 6.45. The van der Waals surface area contributed by atoms with Crippen molar-refractivity contribution in [1.82, 2.24) is 24.3 Å². The molecule has 222 valence electrons. The van der Waals surface area contributed by atoms with Crippen LogP contribution in [0.5, 0.6) is 0 Å². The summed E-state index contributed by atoms with van der Waals surface area (Å²) in [6.45, 7) is 1.01. The number of ketones is 1. The first kappa shape index (κ1) is 27.4. The van der Waals surface area contributed by atoms with Crippen molar-refractivity contribution < 1.29 is 31.9 Å². The second-order valence-corrected chi connectivity index (χ2v) is 11.3. The first-order chi connectivity index (χ1) is 20.6. The minimum atomic E-state index is -4.58. The average Bonchev–Trinajstić information content (AvgIpc) is 3.45. The lowest BCUT2D eigenvalue weighted by Crippen LogP contribution is -2.41. The molecule has 3 atom stereocenters. The number of alkyl halides is 3. The summed E-state index contributed by atoms with van der Waals surface area (Å²) in [6.07, 6.45) is 1.52. The maximum atomic E-state index is 15.7. The number of anilines is 1. The fourth-order valence-corrected chi connectivity index (χ4v) is 6.25. The van der Waals surface area contributed by atoms with Gasteiger partial charge in [0, 0.05) is 47.2 Å². The van der Waals surface area contributed by atoms with Crippen molar-refractivity contribution in [3.8, 4) is 11.3 Å². The maximum absolute atomic E-state index is 15.7. The molecule has 3 fully saturated rings. The molecule has 13 heteroatoms. The summed E-state index contributed by atoms with van der Waals surface area (Å²) in [5, 5.41) is 0. The number of rotatable bonds is 6. The van der Waals surface area contributed by atoms with Gasteiger partial charge in [0.2, 0.25) is 5.91 Å². The van der Waals surface area contributed by atoms with E-state index >= 15 is 4.39 Å². The largest absolute Gasteiger partial charge is 0.416 e. The summed E-state index contributed by atoms with van der Waals surface area (Å²) in [5.41, 5.74) is 5.90. The number of aromatic nitrogens is 4. The van der Waals surface area contributed by atoms with Crippen molar-refractivity contribution in [2.24, 2.45) is 11.8 Å². The van der Waals surface area contributed by atoms with Crippen LogP contribution in [0.25, 0.3) is 16.8 Å². The molecule has 1 aromatic carbocycles. The third kappa shape index (κ3) is 4.81. The van der Waals surface area contributed by atoms with E-state index < -0.39 is 29.8 Å². The summed E-state index contributed by atoms with van der Waals surface area (Å²) in [5.74, 6) is -0.467. The number of likely N-dealkylation sites (tertiary alicyclic amines) is 1. The number of nitrogen functional groups attached to an aromatic ring is 1. The highest BCUT2D eigenvalue weighted by molar-refractivity contribution is 5.98. The lowest BCUT2D eigenvalue weighted by molar-refractivity contribution is -0.138. The smallest absolute Gasteiger partial charge is 0.382 e. The first-order valence-corrected chi connectivity index (χ1v) is 14.0. The summed E-state index contributed by atoms with van der Waals surface area (Å²) in [4.78, 5) is 41.1. The minimum absolute atomic E-state index is 0.00653. The van der Waals surface area contributed by atoms with Crippen LogP contribution in [-0.2, 0) is 22.1 Å². The summed E-state index contributed by atoms with van der Waals surface area (Å²) in [7, 11) is 0. The van der Waals surface area contributed by atoms with Gasteiger partial charge >= 0.3 is 6.18 Å². The highest BCUT2D eigenvalue weighted by Gasteiger charge is 2.51. The SMILES string of the molecule is Nc1nccn2c([C@@H]3C[C@H]4COC[C@H]4N3C(=O)C3CC3)nc(-c3ccc(C(=O)Cc4cc(C(F)(F)F)ccn4)cc3F)c12. The van der Waals surface area contributed by atoms with Crippen molar-refractivity contribution in [3.05, 3.63) is 77.4 Å². The van der Waals surface area contributed by atoms with E-state index in [4.69, 9.17) is 15.5 Å². The van der Waals surface area contributed by atoms with Crippen LogP contribution in [0.1, 0.15) is 52.7 Å². The van der Waals surface area contributed by atoms with Crippen LogP contribution in [0.4, 0.5) is 23.4 Å². The Morgan fingerprint density at radius 3 is 2.63 bits per heavy atom. The molecule has 0 radical (unpaired) electrons. The van der Waals surface area contributed by atoms with E-state index in [-0.39, 0.29) is 58.2 Å². The Bertz CT molecular complexity index is 1770. The molecule has 3 aliphatic rings. The number of nitrogens with two attached hydrogens (primary N) is 1. The number of carbonyl (C=O) groups excluding carboxylic acids is 2. The van der Waals surface area contributed by atoms with Crippen molar-refractivity contribution in [2.45, 2.75) is 43.9 Å². The lowest BCUT2D eigenvalue weighted by atomic mass is 10.0. The Labute approximate surface area is 242 Å². The normalized spacial score (nSPS) is 21.9. The van der Waals surface area contributed by atoms with Crippen molar-refractivity contribution in [3.63, 3.8) is 0 Å². The van der Waals surface area contributed by atoms with Gasteiger partial charge in [0.05, 0.1) is 37.3 Å². The number of hydrogen-bond donors (Lipinski definition) is 1. The molecular formula is C30H26F4N6O3. The molecule has 5 heterocycles. The summed E-state index contributed by atoms with van der Waals surface area (Å²) in [6, 6.07) is 5.03. The van der Waals surface area contributed by atoms with Gasteiger partial charge in [-0.1, -0.05) is 6.07 Å². The molecule has 2 N–H and O–H groups in total. The van der Waals surface area contributed by atoms with Gasteiger partial charge in [0.1, 0.15) is 28.7 Å². The molecular weight excluding hydrogens is 568 g/mol. The zero-order valence-electron chi connectivity index (χ0n) is 22.7. The van der Waals surface area contributed by atoms with Crippen molar-refractivity contribution in [1.29, 1.82) is 0 Å². The third-order valence-electron chi connectivity index (χ3n) is 8.51. The van der Waals surface area contributed by atoms with Gasteiger partial charge in [-0.15, -0.1) is 0 Å². The lowest BCUT2D eigenvalue weighted by Gasteiger charge is -2.29. The van der Waals surface area contributed by atoms with E-state index in [9.17, 15) is 22.8 Å². The predicted octanol–water partition coefficient (Wildman–Crippen LogP) is 4.66. The third-order valence-corrected chi connectivity index (χ3v) is 8.51.